The molecule has 1 aromatic carbocycles. The predicted molar refractivity (Wildman–Crippen MR) is 111 cm³/mol. The molecule has 0 aliphatic heterocycles. The molecule has 0 fully saturated rings. The Hall–Kier alpha value is -3.25. The number of carbonyl (C=O) groups is 2. The molecule has 0 saturated carbocycles. The molecule has 6 nitrogen and oxygen atoms in total. The van der Waals surface area contributed by atoms with Gasteiger partial charge in [0.1, 0.15) is 5.69 Å². The molecule has 0 amide bonds. The fourth-order valence-electron chi connectivity index (χ4n) is 2.90. The van der Waals surface area contributed by atoms with Crippen molar-refractivity contribution in [1.82, 2.24) is 0 Å². The summed E-state index contributed by atoms with van der Waals surface area (Å²) in [5.74, 6) is -1.16. The maximum atomic E-state index is 12.7. The van der Waals surface area contributed by atoms with E-state index in [9.17, 15) is 9.59 Å². The van der Waals surface area contributed by atoms with Crippen LogP contribution in [0.2, 0.25) is 5.02 Å². The molecule has 0 bridgehead atoms. The van der Waals surface area contributed by atoms with E-state index >= 15 is 0 Å². The standard InChI is InChI=1S/C22H19ClN2O4/c1-3-28-21(26)18-16-8-6-5-7-9-17(16)19(22(27)29-4-2)20(18)25-24-15-12-10-14(23)11-13-15/h5-13H,3-4H2,1-2H3. The Labute approximate surface area is 173 Å². The van der Waals surface area contributed by atoms with Crippen molar-refractivity contribution >= 4 is 34.9 Å². The topological polar surface area (TPSA) is 77.3 Å². The second-order valence-electron chi connectivity index (χ2n) is 5.95. The lowest BCUT2D eigenvalue weighted by Crippen LogP contribution is -2.06. The Balaban J connectivity index is 2.25. The quantitative estimate of drug-likeness (QED) is 0.357. The number of halogens is 1. The second-order valence-corrected chi connectivity index (χ2v) is 6.39. The highest BCUT2D eigenvalue weighted by molar-refractivity contribution is 6.30. The van der Waals surface area contributed by atoms with Gasteiger partial charge in [0.05, 0.1) is 30.0 Å². The molecule has 1 aromatic rings. The largest absolute Gasteiger partial charge is 0.462 e. The van der Waals surface area contributed by atoms with Crippen LogP contribution in [0.3, 0.4) is 0 Å². The van der Waals surface area contributed by atoms with Gasteiger partial charge in [-0.2, -0.15) is 5.11 Å². The molecule has 0 aromatic heterocycles. The van der Waals surface area contributed by atoms with Crippen molar-refractivity contribution in [3.63, 3.8) is 0 Å². The van der Waals surface area contributed by atoms with E-state index in [4.69, 9.17) is 21.1 Å². The molecular weight excluding hydrogens is 392 g/mol. The van der Waals surface area contributed by atoms with Crippen LogP contribution in [0.1, 0.15) is 34.6 Å². The van der Waals surface area contributed by atoms with Crippen molar-refractivity contribution < 1.29 is 19.1 Å². The number of fused-ring (bicyclic) bond motifs is 1. The minimum absolute atomic E-state index is 0.123. The number of carbonyl (C=O) groups excluding carboxylic acids is 2. The Bertz CT molecular complexity index is 979. The first kappa shape index (κ1) is 20.5. The summed E-state index contributed by atoms with van der Waals surface area (Å²) in [4.78, 5) is 25.5. The number of azo groups is 1. The molecular formula is C22H19ClN2O4. The monoisotopic (exact) mass is 410 g/mol. The van der Waals surface area contributed by atoms with E-state index in [1.807, 2.05) is 0 Å². The predicted octanol–water partition coefficient (Wildman–Crippen LogP) is 6.21. The zero-order valence-electron chi connectivity index (χ0n) is 16.0. The Morgan fingerprint density at radius 2 is 1.31 bits per heavy atom. The Morgan fingerprint density at radius 1 is 0.793 bits per heavy atom. The first-order valence-corrected chi connectivity index (χ1v) is 9.50. The smallest absolute Gasteiger partial charge is 0.341 e. The highest BCUT2D eigenvalue weighted by atomic mass is 35.5. The number of hydrogen-bond donors (Lipinski definition) is 0. The van der Waals surface area contributed by atoms with Crippen LogP contribution in [0.4, 0.5) is 11.4 Å². The van der Waals surface area contributed by atoms with Gasteiger partial charge in [0.15, 0.2) is 0 Å². The summed E-state index contributed by atoms with van der Waals surface area (Å²) < 4.78 is 10.4. The number of rotatable bonds is 6. The molecule has 0 radical (unpaired) electrons. The van der Waals surface area contributed by atoms with E-state index in [0.29, 0.717) is 21.8 Å². The number of ether oxygens (including phenoxy) is 2. The Kier molecular flexibility index (Phi) is 6.57. The third kappa shape index (κ3) is 4.43. The highest BCUT2D eigenvalue weighted by Gasteiger charge is 2.32. The van der Waals surface area contributed by atoms with Crippen molar-refractivity contribution in [2.75, 3.05) is 13.2 Å². The molecule has 7 heteroatoms. The van der Waals surface area contributed by atoms with Crippen LogP contribution in [0.25, 0.3) is 11.1 Å². The SMILES string of the molecule is CCOC(=O)c1c2cccccc-2c(C(=O)OCC)c1N=Nc1ccc(Cl)cc1. The summed E-state index contributed by atoms with van der Waals surface area (Å²) in [6.07, 6.45) is 0. The van der Waals surface area contributed by atoms with Gasteiger partial charge >= 0.3 is 11.9 Å². The van der Waals surface area contributed by atoms with Gasteiger partial charge in [0, 0.05) is 5.02 Å². The average Bonchev–Trinajstić information content (AvgIpc) is 2.83. The molecule has 2 aliphatic carbocycles. The van der Waals surface area contributed by atoms with Crippen LogP contribution >= 0.6 is 11.6 Å². The van der Waals surface area contributed by atoms with Gasteiger partial charge in [0.25, 0.3) is 0 Å². The summed E-state index contributed by atoms with van der Waals surface area (Å²) in [7, 11) is 0. The van der Waals surface area contributed by atoms with E-state index in [2.05, 4.69) is 10.2 Å². The number of nitrogens with zero attached hydrogens (tertiary/aromatic N) is 2. The van der Waals surface area contributed by atoms with Gasteiger partial charge in [-0.3, -0.25) is 0 Å². The number of hydrogen-bond acceptors (Lipinski definition) is 6. The lowest BCUT2D eigenvalue weighted by Gasteiger charge is -2.03. The van der Waals surface area contributed by atoms with Gasteiger partial charge in [0.2, 0.25) is 0 Å². The van der Waals surface area contributed by atoms with Crippen molar-refractivity contribution in [1.29, 1.82) is 0 Å². The summed E-state index contributed by atoms with van der Waals surface area (Å²) >= 11 is 5.90. The lowest BCUT2D eigenvalue weighted by atomic mass is 10.1. The van der Waals surface area contributed by atoms with Crippen molar-refractivity contribution in [2.45, 2.75) is 13.8 Å². The third-order valence-corrected chi connectivity index (χ3v) is 4.35. The van der Waals surface area contributed by atoms with E-state index in [-0.39, 0.29) is 30.0 Å². The fourth-order valence-corrected chi connectivity index (χ4v) is 3.02. The summed E-state index contributed by atoms with van der Waals surface area (Å²) in [6, 6.07) is 15.6. The van der Waals surface area contributed by atoms with Crippen LogP contribution in [0.5, 0.6) is 0 Å². The van der Waals surface area contributed by atoms with Crippen LogP contribution in [0, 0.1) is 0 Å². The molecule has 29 heavy (non-hydrogen) atoms. The lowest BCUT2D eigenvalue weighted by molar-refractivity contribution is 0.0525. The highest BCUT2D eigenvalue weighted by Crippen LogP contribution is 2.43. The van der Waals surface area contributed by atoms with E-state index in [0.717, 1.165) is 0 Å². The molecule has 0 atom stereocenters. The van der Waals surface area contributed by atoms with Crippen LogP contribution in [-0.2, 0) is 9.47 Å². The zero-order valence-corrected chi connectivity index (χ0v) is 16.8. The molecule has 2 aliphatic rings. The third-order valence-electron chi connectivity index (χ3n) is 4.10. The van der Waals surface area contributed by atoms with Crippen molar-refractivity contribution in [3.05, 3.63) is 70.7 Å². The summed E-state index contributed by atoms with van der Waals surface area (Å²) in [5.41, 5.74) is 2.09. The maximum Gasteiger partial charge on any atom is 0.341 e. The molecule has 0 unspecified atom stereocenters. The van der Waals surface area contributed by atoms with Gasteiger partial charge < -0.3 is 9.47 Å². The van der Waals surface area contributed by atoms with Gasteiger partial charge in [-0.15, -0.1) is 5.11 Å². The molecule has 0 spiro atoms. The van der Waals surface area contributed by atoms with Crippen molar-refractivity contribution in [2.24, 2.45) is 10.2 Å². The van der Waals surface area contributed by atoms with E-state index < -0.39 is 11.9 Å². The van der Waals surface area contributed by atoms with Gasteiger partial charge in [-0.1, -0.05) is 41.9 Å². The van der Waals surface area contributed by atoms with Crippen LogP contribution < -0.4 is 0 Å². The van der Waals surface area contributed by atoms with Gasteiger partial charge in [-0.25, -0.2) is 9.59 Å². The average molecular weight is 411 g/mol. The first-order chi connectivity index (χ1) is 14.1. The van der Waals surface area contributed by atoms with E-state index in [1.54, 1.807) is 68.4 Å². The minimum atomic E-state index is -0.579. The van der Waals surface area contributed by atoms with Crippen LogP contribution in [0.15, 0.2) is 64.8 Å². The van der Waals surface area contributed by atoms with Crippen LogP contribution in [-0.4, -0.2) is 25.2 Å². The van der Waals surface area contributed by atoms with E-state index in [1.165, 1.54) is 0 Å². The maximum absolute atomic E-state index is 12.7. The summed E-state index contributed by atoms with van der Waals surface area (Å²) in [6.45, 7) is 3.80. The fraction of sp³-hybridized carbons (Fsp3) is 0.182. The van der Waals surface area contributed by atoms with Crippen molar-refractivity contribution in [3.8, 4) is 11.1 Å². The number of benzene rings is 1. The first-order valence-electron chi connectivity index (χ1n) is 9.13. The Morgan fingerprint density at radius 3 is 1.79 bits per heavy atom. The molecule has 0 N–H and O–H groups in total. The molecule has 148 valence electrons. The normalized spacial score (nSPS) is 11.0. The number of esters is 2. The zero-order chi connectivity index (χ0) is 20.8. The second kappa shape index (κ2) is 9.30. The molecule has 3 rings (SSSR count). The van der Waals surface area contributed by atoms with Gasteiger partial charge in [-0.05, 0) is 49.2 Å². The molecule has 0 saturated heterocycles. The minimum Gasteiger partial charge on any atom is -0.462 e. The molecule has 0 heterocycles. The summed E-state index contributed by atoms with van der Waals surface area (Å²) in [5, 5.41) is 9.00.